The Morgan fingerprint density at radius 1 is 1.47 bits per heavy atom. The first-order chi connectivity index (χ1) is 9.04. The van der Waals surface area contributed by atoms with E-state index in [0.717, 1.165) is 30.7 Å². The van der Waals surface area contributed by atoms with Crippen molar-refractivity contribution in [3.8, 4) is 0 Å². The van der Waals surface area contributed by atoms with E-state index in [-0.39, 0.29) is 5.91 Å². The lowest BCUT2D eigenvalue weighted by molar-refractivity contribution is 0.0528. The minimum Gasteiger partial charge on any atom is -0.336 e. The summed E-state index contributed by atoms with van der Waals surface area (Å²) in [6, 6.07) is 5.87. The molecule has 1 atom stereocenters. The van der Waals surface area contributed by atoms with Crippen LogP contribution in [0.15, 0.2) is 22.7 Å². The van der Waals surface area contributed by atoms with E-state index in [2.05, 4.69) is 34.7 Å². The maximum Gasteiger partial charge on any atom is 0.255 e. The van der Waals surface area contributed by atoms with Gasteiger partial charge in [-0.1, -0.05) is 24.6 Å². The quantitative estimate of drug-likeness (QED) is 0.821. The second-order valence-electron chi connectivity index (χ2n) is 4.83. The maximum atomic E-state index is 12.5. The molecule has 1 amide bonds. The van der Waals surface area contributed by atoms with Gasteiger partial charge in [0, 0.05) is 30.1 Å². The number of piperazine rings is 1. The average molecular weight is 346 g/mol. The molecule has 5 heteroatoms. The van der Waals surface area contributed by atoms with E-state index >= 15 is 0 Å². The van der Waals surface area contributed by atoms with Crippen molar-refractivity contribution in [2.45, 2.75) is 19.9 Å². The van der Waals surface area contributed by atoms with Crippen LogP contribution in [-0.2, 0) is 0 Å². The first-order valence-electron chi connectivity index (χ1n) is 6.52. The molecule has 1 heterocycles. The van der Waals surface area contributed by atoms with E-state index in [1.165, 1.54) is 0 Å². The summed E-state index contributed by atoms with van der Waals surface area (Å²) in [4.78, 5) is 16.8. The largest absolute Gasteiger partial charge is 0.336 e. The minimum absolute atomic E-state index is 0.0221. The van der Waals surface area contributed by atoms with Crippen LogP contribution in [-0.4, -0.2) is 47.9 Å². The number of amides is 1. The van der Waals surface area contributed by atoms with Crippen molar-refractivity contribution in [1.82, 2.24) is 9.80 Å². The van der Waals surface area contributed by atoms with Crippen LogP contribution in [0.2, 0.25) is 5.02 Å². The topological polar surface area (TPSA) is 23.6 Å². The molecule has 104 valence electrons. The normalized spacial score (nSPS) is 20.6. The Balaban J connectivity index is 2.15. The van der Waals surface area contributed by atoms with E-state index in [1.54, 1.807) is 6.07 Å². The van der Waals surface area contributed by atoms with E-state index in [1.807, 2.05) is 17.0 Å². The van der Waals surface area contributed by atoms with E-state index in [9.17, 15) is 4.79 Å². The fourth-order valence-electron chi connectivity index (χ4n) is 2.49. The summed E-state index contributed by atoms with van der Waals surface area (Å²) in [6.07, 6.45) is 0. The standard InChI is InChI=1S/C14H18BrClN2O/c1-3-17-7-8-18(9-10(17)2)14(19)11-5-4-6-12(15)13(11)16/h4-6,10H,3,7-9H2,1-2H3. The van der Waals surface area contributed by atoms with Crippen molar-refractivity contribution < 1.29 is 4.79 Å². The third kappa shape index (κ3) is 3.12. The first kappa shape index (κ1) is 14.8. The van der Waals surface area contributed by atoms with Crippen LogP contribution in [0.5, 0.6) is 0 Å². The molecule has 0 N–H and O–H groups in total. The Kier molecular flexibility index (Phi) is 4.87. The Labute approximate surface area is 127 Å². The number of carbonyl (C=O) groups is 1. The monoisotopic (exact) mass is 344 g/mol. The predicted molar refractivity (Wildman–Crippen MR) is 81.8 cm³/mol. The number of rotatable bonds is 2. The lowest BCUT2D eigenvalue weighted by Gasteiger charge is -2.39. The van der Waals surface area contributed by atoms with Gasteiger partial charge in [0.15, 0.2) is 0 Å². The third-order valence-electron chi connectivity index (χ3n) is 3.64. The zero-order valence-corrected chi connectivity index (χ0v) is 13.5. The molecule has 3 nitrogen and oxygen atoms in total. The number of halogens is 2. The highest BCUT2D eigenvalue weighted by Gasteiger charge is 2.27. The number of nitrogens with zero attached hydrogens (tertiary/aromatic N) is 2. The zero-order valence-electron chi connectivity index (χ0n) is 11.2. The zero-order chi connectivity index (χ0) is 14.0. The number of likely N-dealkylation sites (N-methyl/N-ethyl adjacent to an activating group) is 1. The SMILES string of the molecule is CCN1CCN(C(=O)c2cccc(Br)c2Cl)CC1C. The second-order valence-corrected chi connectivity index (χ2v) is 6.06. The first-order valence-corrected chi connectivity index (χ1v) is 7.69. The van der Waals surface area contributed by atoms with Crippen LogP contribution in [0, 0.1) is 0 Å². The van der Waals surface area contributed by atoms with E-state index in [4.69, 9.17) is 11.6 Å². The molecule has 1 aliphatic rings. The molecule has 1 aromatic carbocycles. The van der Waals surface area contributed by atoms with Crippen molar-refractivity contribution in [2.75, 3.05) is 26.2 Å². The molecule has 0 aliphatic carbocycles. The van der Waals surface area contributed by atoms with Gasteiger partial charge in [0.1, 0.15) is 0 Å². The molecule has 0 saturated carbocycles. The van der Waals surface area contributed by atoms with Gasteiger partial charge < -0.3 is 4.90 Å². The molecule has 1 fully saturated rings. The molecule has 0 bridgehead atoms. The Hall–Kier alpha value is -0.580. The molecular formula is C14H18BrClN2O. The maximum absolute atomic E-state index is 12.5. The van der Waals surface area contributed by atoms with Crippen LogP contribution in [0.1, 0.15) is 24.2 Å². The van der Waals surface area contributed by atoms with Crippen LogP contribution >= 0.6 is 27.5 Å². The average Bonchev–Trinajstić information content (AvgIpc) is 2.41. The molecule has 1 aliphatic heterocycles. The summed E-state index contributed by atoms with van der Waals surface area (Å²) in [6.45, 7) is 7.79. The van der Waals surface area contributed by atoms with Gasteiger partial charge in [-0.3, -0.25) is 9.69 Å². The Morgan fingerprint density at radius 2 is 2.21 bits per heavy atom. The van der Waals surface area contributed by atoms with Crippen molar-refractivity contribution in [2.24, 2.45) is 0 Å². The van der Waals surface area contributed by atoms with E-state index in [0.29, 0.717) is 16.6 Å². The molecule has 2 rings (SSSR count). The highest BCUT2D eigenvalue weighted by atomic mass is 79.9. The van der Waals surface area contributed by atoms with Crippen LogP contribution in [0.25, 0.3) is 0 Å². The lowest BCUT2D eigenvalue weighted by atomic mass is 10.1. The number of carbonyl (C=O) groups excluding carboxylic acids is 1. The van der Waals surface area contributed by atoms with Gasteiger partial charge in [-0.15, -0.1) is 0 Å². The van der Waals surface area contributed by atoms with Gasteiger partial charge in [-0.2, -0.15) is 0 Å². The highest BCUT2D eigenvalue weighted by molar-refractivity contribution is 9.10. The molecule has 0 spiro atoms. The predicted octanol–water partition coefficient (Wildman–Crippen LogP) is 3.27. The van der Waals surface area contributed by atoms with Gasteiger partial charge >= 0.3 is 0 Å². The molecule has 1 saturated heterocycles. The summed E-state index contributed by atoms with van der Waals surface area (Å²) in [7, 11) is 0. The van der Waals surface area contributed by atoms with Crippen LogP contribution in [0.3, 0.4) is 0 Å². The van der Waals surface area contributed by atoms with Gasteiger partial charge in [-0.25, -0.2) is 0 Å². The number of hydrogen-bond donors (Lipinski definition) is 0. The lowest BCUT2D eigenvalue weighted by Crippen LogP contribution is -2.53. The van der Waals surface area contributed by atoms with Gasteiger partial charge in [-0.05, 0) is 41.5 Å². The molecular weight excluding hydrogens is 328 g/mol. The fraction of sp³-hybridized carbons (Fsp3) is 0.500. The summed E-state index contributed by atoms with van der Waals surface area (Å²) in [5.41, 5.74) is 0.577. The summed E-state index contributed by atoms with van der Waals surface area (Å²) < 4.78 is 0.764. The van der Waals surface area contributed by atoms with Gasteiger partial charge in [0.05, 0.1) is 10.6 Å². The van der Waals surface area contributed by atoms with Crippen molar-refractivity contribution in [3.63, 3.8) is 0 Å². The Morgan fingerprint density at radius 3 is 2.84 bits per heavy atom. The van der Waals surface area contributed by atoms with Crippen LogP contribution < -0.4 is 0 Å². The molecule has 1 aromatic rings. The van der Waals surface area contributed by atoms with Crippen molar-refractivity contribution in [3.05, 3.63) is 33.3 Å². The number of benzene rings is 1. The van der Waals surface area contributed by atoms with E-state index < -0.39 is 0 Å². The number of hydrogen-bond acceptors (Lipinski definition) is 2. The highest BCUT2D eigenvalue weighted by Crippen LogP contribution is 2.27. The fourth-order valence-corrected chi connectivity index (χ4v) is 3.06. The Bertz CT molecular complexity index is 481. The molecule has 0 radical (unpaired) electrons. The third-order valence-corrected chi connectivity index (χ3v) is 4.94. The van der Waals surface area contributed by atoms with Crippen molar-refractivity contribution in [1.29, 1.82) is 0 Å². The van der Waals surface area contributed by atoms with Crippen LogP contribution in [0.4, 0.5) is 0 Å². The molecule has 19 heavy (non-hydrogen) atoms. The molecule has 1 unspecified atom stereocenters. The van der Waals surface area contributed by atoms with Gasteiger partial charge in [0.2, 0.25) is 0 Å². The van der Waals surface area contributed by atoms with Gasteiger partial charge in [0.25, 0.3) is 5.91 Å². The summed E-state index contributed by atoms with van der Waals surface area (Å²) in [5.74, 6) is 0.0221. The van der Waals surface area contributed by atoms with Crippen molar-refractivity contribution >= 4 is 33.4 Å². The summed E-state index contributed by atoms with van der Waals surface area (Å²) >= 11 is 9.55. The molecule has 0 aromatic heterocycles. The second kappa shape index (κ2) is 6.25. The minimum atomic E-state index is 0.0221. The summed E-state index contributed by atoms with van der Waals surface area (Å²) in [5, 5.41) is 0.498. The smallest absolute Gasteiger partial charge is 0.255 e.